The van der Waals surface area contributed by atoms with Crippen molar-refractivity contribution in [3.63, 3.8) is 0 Å². The standard InChI is InChI=1S/C24H27N5O4/c30-22(31)14-20(17-13-21-19(26-15-17)7-12-33-21)29-11-10-28(24(29)32)9-2-4-18-6-5-16-3-1-8-25-23(16)27-18/h5-7,12-13,15,20H,1-4,8-11,14H2,(H,25,27)(H,30,31). The molecule has 1 atom stereocenters. The van der Waals surface area contributed by atoms with Gasteiger partial charge in [0.1, 0.15) is 11.3 Å². The van der Waals surface area contributed by atoms with Gasteiger partial charge in [-0.2, -0.15) is 0 Å². The first kappa shape index (κ1) is 21.2. The summed E-state index contributed by atoms with van der Waals surface area (Å²) in [7, 11) is 0. The maximum Gasteiger partial charge on any atom is 0.320 e. The summed E-state index contributed by atoms with van der Waals surface area (Å²) in [6.07, 6.45) is 6.79. The summed E-state index contributed by atoms with van der Waals surface area (Å²) in [5, 5.41) is 12.8. The molecule has 3 aromatic heterocycles. The van der Waals surface area contributed by atoms with Crippen molar-refractivity contribution in [3.05, 3.63) is 53.5 Å². The molecular weight excluding hydrogens is 422 g/mol. The smallest absolute Gasteiger partial charge is 0.320 e. The van der Waals surface area contributed by atoms with Gasteiger partial charge in [-0.15, -0.1) is 0 Å². The van der Waals surface area contributed by atoms with Crippen LogP contribution in [0.5, 0.6) is 0 Å². The van der Waals surface area contributed by atoms with Crippen molar-refractivity contribution in [2.45, 2.75) is 38.1 Å². The maximum atomic E-state index is 13.1. The van der Waals surface area contributed by atoms with E-state index in [4.69, 9.17) is 9.40 Å². The Morgan fingerprint density at radius 2 is 2.18 bits per heavy atom. The minimum absolute atomic E-state index is 0.138. The molecule has 1 saturated heterocycles. The first-order valence-electron chi connectivity index (χ1n) is 11.4. The summed E-state index contributed by atoms with van der Waals surface area (Å²) in [4.78, 5) is 37.2. The lowest BCUT2D eigenvalue weighted by Crippen LogP contribution is -2.36. The number of fused-ring (bicyclic) bond motifs is 2. The second-order valence-corrected chi connectivity index (χ2v) is 8.59. The number of rotatable bonds is 8. The van der Waals surface area contributed by atoms with Gasteiger partial charge >= 0.3 is 12.0 Å². The Labute approximate surface area is 191 Å². The highest BCUT2D eigenvalue weighted by atomic mass is 16.4. The molecule has 2 amide bonds. The third-order valence-corrected chi connectivity index (χ3v) is 6.39. The number of anilines is 1. The van der Waals surface area contributed by atoms with E-state index < -0.39 is 12.0 Å². The molecule has 172 valence electrons. The van der Waals surface area contributed by atoms with Gasteiger partial charge in [0, 0.05) is 44.1 Å². The molecular formula is C24H27N5O4. The minimum Gasteiger partial charge on any atom is -0.481 e. The van der Waals surface area contributed by atoms with E-state index in [0.29, 0.717) is 36.3 Å². The van der Waals surface area contributed by atoms with Crippen LogP contribution in [0.15, 0.2) is 41.1 Å². The van der Waals surface area contributed by atoms with E-state index in [1.165, 1.54) is 5.56 Å². The van der Waals surface area contributed by atoms with Crippen LogP contribution in [0.1, 0.15) is 42.1 Å². The molecule has 1 unspecified atom stereocenters. The zero-order valence-electron chi connectivity index (χ0n) is 18.4. The Kier molecular flexibility index (Phi) is 5.85. The average molecular weight is 450 g/mol. The molecule has 5 heterocycles. The number of carbonyl (C=O) groups is 2. The molecule has 2 aliphatic rings. The number of furan rings is 1. The van der Waals surface area contributed by atoms with Gasteiger partial charge in [-0.3, -0.25) is 9.78 Å². The number of aliphatic carboxylic acids is 1. The maximum absolute atomic E-state index is 13.1. The zero-order chi connectivity index (χ0) is 22.8. The molecule has 0 spiro atoms. The monoisotopic (exact) mass is 449 g/mol. The van der Waals surface area contributed by atoms with Gasteiger partial charge in [-0.1, -0.05) is 6.07 Å². The van der Waals surface area contributed by atoms with Gasteiger partial charge in [0.05, 0.1) is 18.7 Å². The van der Waals surface area contributed by atoms with E-state index in [0.717, 1.165) is 43.7 Å². The fourth-order valence-electron chi connectivity index (χ4n) is 4.67. The fourth-order valence-corrected chi connectivity index (χ4v) is 4.67. The van der Waals surface area contributed by atoms with E-state index in [2.05, 4.69) is 22.4 Å². The molecule has 0 radical (unpaired) electrons. The van der Waals surface area contributed by atoms with Crippen LogP contribution in [0, 0.1) is 0 Å². The number of amides is 2. The number of carboxylic acid groups (broad SMARTS) is 1. The van der Waals surface area contributed by atoms with Crippen molar-refractivity contribution in [3.8, 4) is 0 Å². The van der Waals surface area contributed by atoms with Gasteiger partial charge in [0.15, 0.2) is 5.58 Å². The molecule has 3 aromatic rings. The van der Waals surface area contributed by atoms with E-state index in [9.17, 15) is 14.7 Å². The average Bonchev–Trinajstić information content (AvgIpc) is 3.43. The van der Waals surface area contributed by atoms with Crippen molar-refractivity contribution >= 4 is 28.9 Å². The topological polar surface area (TPSA) is 112 Å². The van der Waals surface area contributed by atoms with Gasteiger partial charge in [0.25, 0.3) is 0 Å². The van der Waals surface area contributed by atoms with Crippen LogP contribution in [-0.2, 0) is 17.6 Å². The zero-order valence-corrected chi connectivity index (χ0v) is 18.4. The Morgan fingerprint density at radius 1 is 1.27 bits per heavy atom. The second-order valence-electron chi connectivity index (χ2n) is 8.59. The van der Waals surface area contributed by atoms with Crippen molar-refractivity contribution < 1.29 is 19.1 Å². The Balaban J connectivity index is 1.23. The number of hydrogen-bond acceptors (Lipinski definition) is 6. The van der Waals surface area contributed by atoms with Crippen LogP contribution in [0.4, 0.5) is 10.6 Å². The van der Waals surface area contributed by atoms with Crippen molar-refractivity contribution in [1.82, 2.24) is 19.8 Å². The van der Waals surface area contributed by atoms with Crippen LogP contribution in [-0.4, -0.2) is 63.1 Å². The van der Waals surface area contributed by atoms with E-state index in [-0.39, 0.29) is 12.5 Å². The minimum atomic E-state index is -0.960. The molecule has 9 heteroatoms. The molecule has 0 aliphatic carbocycles. The number of aryl methyl sites for hydroxylation is 2. The van der Waals surface area contributed by atoms with E-state index >= 15 is 0 Å². The quantitative estimate of drug-likeness (QED) is 0.542. The molecule has 5 rings (SSSR count). The number of pyridine rings is 2. The third kappa shape index (κ3) is 4.48. The Morgan fingerprint density at radius 3 is 3.06 bits per heavy atom. The Bertz CT molecular complexity index is 1180. The highest BCUT2D eigenvalue weighted by molar-refractivity contribution is 5.79. The lowest BCUT2D eigenvalue weighted by molar-refractivity contribution is -0.138. The van der Waals surface area contributed by atoms with Gasteiger partial charge in [-0.25, -0.2) is 9.78 Å². The highest BCUT2D eigenvalue weighted by Crippen LogP contribution is 2.30. The fraction of sp³-hybridized carbons (Fsp3) is 0.417. The van der Waals surface area contributed by atoms with Gasteiger partial charge in [0.2, 0.25) is 0 Å². The van der Waals surface area contributed by atoms with Crippen molar-refractivity contribution in [1.29, 1.82) is 0 Å². The summed E-state index contributed by atoms with van der Waals surface area (Å²) in [6, 6.07) is 7.03. The number of aromatic nitrogens is 2. The first-order valence-corrected chi connectivity index (χ1v) is 11.4. The molecule has 0 saturated carbocycles. The summed E-state index contributed by atoms with van der Waals surface area (Å²) in [6.45, 7) is 2.62. The number of carbonyl (C=O) groups excluding carboxylic acids is 1. The number of hydrogen-bond donors (Lipinski definition) is 2. The van der Waals surface area contributed by atoms with Crippen LogP contribution in [0.2, 0.25) is 0 Å². The predicted octanol–water partition coefficient (Wildman–Crippen LogP) is 3.47. The Hall–Kier alpha value is -3.62. The van der Waals surface area contributed by atoms with E-state index in [1.54, 1.807) is 34.4 Å². The summed E-state index contributed by atoms with van der Waals surface area (Å²) < 4.78 is 5.42. The molecule has 9 nitrogen and oxygen atoms in total. The summed E-state index contributed by atoms with van der Waals surface area (Å²) >= 11 is 0. The van der Waals surface area contributed by atoms with Crippen LogP contribution in [0.3, 0.4) is 0 Å². The molecule has 1 fully saturated rings. The number of urea groups is 1. The predicted molar refractivity (Wildman–Crippen MR) is 122 cm³/mol. The van der Waals surface area contributed by atoms with Gasteiger partial charge in [-0.05, 0) is 48.9 Å². The third-order valence-electron chi connectivity index (χ3n) is 6.39. The van der Waals surface area contributed by atoms with Gasteiger partial charge < -0.3 is 24.6 Å². The largest absolute Gasteiger partial charge is 0.481 e. The molecule has 2 aliphatic heterocycles. The van der Waals surface area contributed by atoms with Crippen LogP contribution in [0.25, 0.3) is 11.1 Å². The lowest BCUT2D eigenvalue weighted by Gasteiger charge is -2.27. The molecule has 0 bridgehead atoms. The van der Waals surface area contributed by atoms with E-state index in [1.807, 2.05) is 0 Å². The summed E-state index contributed by atoms with van der Waals surface area (Å²) in [5.41, 5.74) is 4.24. The lowest BCUT2D eigenvalue weighted by atomic mass is 10.0. The van der Waals surface area contributed by atoms with Crippen molar-refractivity contribution in [2.75, 3.05) is 31.5 Å². The van der Waals surface area contributed by atoms with Crippen LogP contribution >= 0.6 is 0 Å². The number of nitrogens with zero attached hydrogens (tertiary/aromatic N) is 4. The second kappa shape index (κ2) is 9.09. The summed E-state index contributed by atoms with van der Waals surface area (Å²) in [5.74, 6) is 0.0266. The molecule has 33 heavy (non-hydrogen) atoms. The first-order chi connectivity index (χ1) is 16.1. The van der Waals surface area contributed by atoms with Crippen LogP contribution < -0.4 is 5.32 Å². The molecule has 2 N–H and O–H groups in total. The molecule has 0 aromatic carbocycles. The normalized spacial score (nSPS) is 16.7. The SMILES string of the molecule is O=C(O)CC(c1cnc2ccoc2c1)N1CCN(CCCc2ccc3c(n2)NCCC3)C1=O. The highest BCUT2D eigenvalue weighted by Gasteiger charge is 2.35. The number of nitrogens with one attached hydrogen (secondary N) is 1. The number of carboxylic acids is 1. The van der Waals surface area contributed by atoms with Crippen molar-refractivity contribution in [2.24, 2.45) is 0 Å².